The molecule has 1 rings (SSSR count). The van der Waals surface area contributed by atoms with Gasteiger partial charge in [0, 0.05) is 20.3 Å². The number of hydrogen-bond acceptors (Lipinski definition) is 5. The molecule has 1 heterocycles. The first-order chi connectivity index (χ1) is 9.02. The fourth-order valence-electron chi connectivity index (χ4n) is 1.66. The van der Waals surface area contributed by atoms with E-state index in [2.05, 4.69) is 11.8 Å². The topological polar surface area (TPSA) is 61.8 Å². The largest absolute Gasteiger partial charge is 0.463 e. The van der Waals surface area contributed by atoms with Crippen LogP contribution in [0.25, 0.3) is 0 Å². The summed E-state index contributed by atoms with van der Waals surface area (Å²) in [6.45, 7) is 4.45. The van der Waals surface area contributed by atoms with Gasteiger partial charge in [-0.3, -0.25) is 9.59 Å². The van der Waals surface area contributed by atoms with Crippen molar-refractivity contribution < 1.29 is 23.8 Å². The Morgan fingerprint density at radius 1 is 1.26 bits per heavy atom. The first-order valence-electron chi connectivity index (χ1n) is 6.07. The van der Waals surface area contributed by atoms with Gasteiger partial charge in [-0.15, -0.1) is 11.8 Å². The van der Waals surface area contributed by atoms with Crippen LogP contribution in [0.4, 0.5) is 0 Å². The van der Waals surface area contributed by atoms with Gasteiger partial charge in [-0.2, -0.15) is 0 Å². The molecule has 0 amide bonds. The van der Waals surface area contributed by atoms with Crippen LogP contribution < -0.4 is 0 Å². The molecule has 1 aliphatic heterocycles. The molecule has 0 unspecified atom stereocenters. The van der Waals surface area contributed by atoms with Crippen LogP contribution >= 0.6 is 0 Å². The fourth-order valence-corrected chi connectivity index (χ4v) is 1.66. The summed E-state index contributed by atoms with van der Waals surface area (Å²) in [7, 11) is 0. The molecule has 3 atom stereocenters. The van der Waals surface area contributed by atoms with Gasteiger partial charge in [0.25, 0.3) is 0 Å². The molecule has 5 nitrogen and oxygen atoms in total. The number of esters is 2. The lowest BCUT2D eigenvalue weighted by atomic mass is 10.1. The van der Waals surface area contributed by atoms with E-state index in [1.54, 1.807) is 13.0 Å². The minimum Gasteiger partial charge on any atom is -0.463 e. The smallest absolute Gasteiger partial charge is 0.303 e. The van der Waals surface area contributed by atoms with Crippen LogP contribution in [-0.4, -0.2) is 36.9 Å². The van der Waals surface area contributed by atoms with Gasteiger partial charge in [0.15, 0.2) is 0 Å². The molecular weight excluding hydrogens is 248 g/mol. The molecule has 0 fully saturated rings. The standard InChI is InChI=1S/C14H18O5/c1-4-5-6-12-7-8-13(18-11(3)16)14(19-12)9-17-10(2)15/h7-8,12-14H,6,9H2,1-3H3/t12-,13+,14-/m1/s1. The molecular formula is C14H18O5. The summed E-state index contributed by atoms with van der Waals surface area (Å²) in [5, 5.41) is 0. The zero-order chi connectivity index (χ0) is 14.3. The second kappa shape index (κ2) is 7.59. The van der Waals surface area contributed by atoms with Crippen LogP contribution in [0.2, 0.25) is 0 Å². The Bertz CT molecular complexity index is 415. The van der Waals surface area contributed by atoms with Gasteiger partial charge >= 0.3 is 11.9 Å². The quantitative estimate of drug-likeness (QED) is 0.435. The van der Waals surface area contributed by atoms with Crippen molar-refractivity contribution in [2.45, 2.75) is 45.5 Å². The average Bonchev–Trinajstić information content (AvgIpc) is 2.35. The maximum atomic E-state index is 11.0. The number of hydrogen-bond donors (Lipinski definition) is 0. The zero-order valence-corrected chi connectivity index (χ0v) is 11.3. The highest BCUT2D eigenvalue weighted by molar-refractivity contribution is 5.66. The molecule has 0 aromatic heterocycles. The number of rotatable bonds is 4. The third-order valence-electron chi connectivity index (χ3n) is 2.46. The van der Waals surface area contributed by atoms with E-state index in [4.69, 9.17) is 14.2 Å². The molecule has 0 aliphatic carbocycles. The summed E-state index contributed by atoms with van der Waals surface area (Å²) in [6, 6.07) is 0. The summed E-state index contributed by atoms with van der Waals surface area (Å²) >= 11 is 0. The average molecular weight is 266 g/mol. The molecule has 0 radical (unpaired) electrons. The molecule has 0 aromatic rings. The minimum absolute atomic E-state index is 0.0493. The Hall–Kier alpha value is -1.80. The molecule has 0 spiro atoms. The second-order valence-corrected chi connectivity index (χ2v) is 4.11. The Labute approximate surface area is 112 Å². The van der Waals surface area contributed by atoms with E-state index in [0.717, 1.165) is 0 Å². The van der Waals surface area contributed by atoms with Crippen LogP contribution in [-0.2, 0) is 23.8 Å². The first-order valence-corrected chi connectivity index (χ1v) is 6.07. The highest BCUT2D eigenvalue weighted by Gasteiger charge is 2.30. The van der Waals surface area contributed by atoms with Crippen LogP contribution in [0.3, 0.4) is 0 Å². The fraction of sp³-hybridized carbons (Fsp3) is 0.571. The highest BCUT2D eigenvalue weighted by atomic mass is 16.6. The molecule has 0 saturated carbocycles. The third kappa shape index (κ3) is 5.58. The van der Waals surface area contributed by atoms with E-state index in [1.165, 1.54) is 13.8 Å². The lowest BCUT2D eigenvalue weighted by molar-refractivity contribution is -0.163. The Balaban J connectivity index is 2.67. The van der Waals surface area contributed by atoms with Crippen molar-refractivity contribution in [3.63, 3.8) is 0 Å². The maximum absolute atomic E-state index is 11.0. The van der Waals surface area contributed by atoms with Crippen LogP contribution in [0.15, 0.2) is 12.2 Å². The zero-order valence-electron chi connectivity index (χ0n) is 11.3. The van der Waals surface area contributed by atoms with E-state index >= 15 is 0 Å². The van der Waals surface area contributed by atoms with Crippen molar-refractivity contribution in [2.75, 3.05) is 6.61 Å². The Morgan fingerprint density at radius 3 is 2.58 bits per heavy atom. The van der Waals surface area contributed by atoms with Gasteiger partial charge < -0.3 is 14.2 Å². The lowest BCUT2D eigenvalue weighted by Crippen LogP contribution is -2.41. The summed E-state index contributed by atoms with van der Waals surface area (Å²) in [6.07, 6.45) is 2.89. The predicted octanol–water partition coefficient (Wildman–Crippen LogP) is 1.22. The van der Waals surface area contributed by atoms with E-state index in [0.29, 0.717) is 6.42 Å². The molecule has 0 aromatic carbocycles. The van der Waals surface area contributed by atoms with E-state index in [1.807, 2.05) is 6.08 Å². The van der Waals surface area contributed by atoms with E-state index in [-0.39, 0.29) is 12.7 Å². The molecule has 0 saturated heterocycles. The van der Waals surface area contributed by atoms with Crippen molar-refractivity contribution in [3.05, 3.63) is 12.2 Å². The number of carbonyl (C=O) groups is 2. The Kier molecular flexibility index (Phi) is 6.10. The van der Waals surface area contributed by atoms with Gasteiger partial charge in [-0.25, -0.2) is 0 Å². The minimum atomic E-state index is -0.539. The van der Waals surface area contributed by atoms with Crippen molar-refractivity contribution in [1.82, 2.24) is 0 Å². The van der Waals surface area contributed by atoms with Gasteiger partial charge in [-0.1, -0.05) is 6.08 Å². The maximum Gasteiger partial charge on any atom is 0.303 e. The summed E-state index contributed by atoms with van der Waals surface area (Å²) in [4.78, 5) is 21.9. The molecule has 19 heavy (non-hydrogen) atoms. The summed E-state index contributed by atoms with van der Waals surface area (Å²) in [5.74, 6) is 4.90. The van der Waals surface area contributed by atoms with Gasteiger partial charge in [0.1, 0.15) is 18.8 Å². The Morgan fingerprint density at radius 2 is 2.00 bits per heavy atom. The summed E-state index contributed by atoms with van der Waals surface area (Å²) < 4.78 is 15.7. The third-order valence-corrected chi connectivity index (χ3v) is 2.46. The number of ether oxygens (including phenoxy) is 3. The van der Waals surface area contributed by atoms with Crippen LogP contribution in [0, 0.1) is 11.8 Å². The lowest BCUT2D eigenvalue weighted by Gasteiger charge is -2.30. The molecule has 0 bridgehead atoms. The van der Waals surface area contributed by atoms with Crippen LogP contribution in [0.1, 0.15) is 27.2 Å². The molecule has 5 heteroatoms. The van der Waals surface area contributed by atoms with E-state index < -0.39 is 24.1 Å². The molecule has 104 valence electrons. The normalized spacial score (nSPS) is 25.1. The predicted molar refractivity (Wildman–Crippen MR) is 68.1 cm³/mol. The monoisotopic (exact) mass is 266 g/mol. The highest BCUT2D eigenvalue weighted by Crippen LogP contribution is 2.18. The molecule has 1 aliphatic rings. The van der Waals surface area contributed by atoms with Crippen molar-refractivity contribution in [3.8, 4) is 11.8 Å². The summed E-state index contributed by atoms with van der Waals surface area (Å²) in [5.41, 5.74) is 0. The number of carbonyl (C=O) groups excluding carboxylic acids is 2. The second-order valence-electron chi connectivity index (χ2n) is 4.11. The van der Waals surface area contributed by atoms with Gasteiger partial charge in [-0.05, 0) is 13.0 Å². The van der Waals surface area contributed by atoms with Crippen molar-refractivity contribution in [1.29, 1.82) is 0 Å². The van der Waals surface area contributed by atoms with Crippen molar-refractivity contribution in [2.24, 2.45) is 0 Å². The van der Waals surface area contributed by atoms with Gasteiger partial charge in [0.05, 0.1) is 6.10 Å². The van der Waals surface area contributed by atoms with Crippen LogP contribution in [0.5, 0.6) is 0 Å². The first kappa shape index (κ1) is 15.3. The molecule has 0 N–H and O–H groups in total. The van der Waals surface area contributed by atoms with E-state index in [9.17, 15) is 9.59 Å². The SMILES string of the molecule is CC#CC[C@@H]1C=C[C@H](OC(C)=O)[C@@H](COC(C)=O)O1. The van der Waals surface area contributed by atoms with Gasteiger partial charge in [0.2, 0.25) is 0 Å². The van der Waals surface area contributed by atoms with Crippen molar-refractivity contribution >= 4 is 11.9 Å².